The van der Waals surface area contributed by atoms with Gasteiger partial charge in [0.25, 0.3) is 0 Å². The van der Waals surface area contributed by atoms with E-state index in [2.05, 4.69) is 25.9 Å². The third kappa shape index (κ3) is 10.4. The van der Waals surface area contributed by atoms with E-state index in [9.17, 15) is 39.0 Å². The zero-order valence-electron chi connectivity index (χ0n) is 21.2. The van der Waals surface area contributed by atoms with Crippen LogP contribution >= 0.6 is 0 Å². The van der Waals surface area contributed by atoms with Gasteiger partial charge in [0, 0.05) is 24.7 Å². The Morgan fingerprint density at radius 3 is 2.02 bits per heavy atom. The second-order valence-electron chi connectivity index (χ2n) is 8.88. The maximum absolute atomic E-state index is 13.2. The molecule has 2 aromatic rings. The fourth-order valence-electron chi connectivity index (χ4n) is 3.57. The highest BCUT2D eigenvalue weighted by molar-refractivity contribution is 5.95. The van der Waals surface area contributed by atoms with Gasteiger partial charge in [0.2, 0.25) is 23.6 Å². The van der Waals surface area contributed by atoms with Crippen LogP contribution in [0.4, 0.5) is 0 Å². The number of hydrogen-bond acceptors (Lipinski definition) is 9. The summed E-state index contributed by atoms with van der Waals surface area (Å²) in [6.45, 7) is 0. The summed E-state index contributed by atoms with van der Waals surface area (Å²) in [4.78, 5) is 79.3. The van der Waals surface area contributed by atoms with Crippen LogP contribution in [0.25, 0.3) is 0 Å². The summed E-state index contributed by atoms with van der Waals surface area (Å²) < 4.78 is 0. The number of aliphatic carboxylic acids is 2. The molecule has 1 heterocycles. The Hall–Kier alpha value is -4.99. The van der Waals surface area contributed by atoms with Crippen molar-refractivity contribution in [2.24, 2.45) is 11.5 Å². The summed E-state index contributed by atoms with van der Waals surface area (Å²) in [5, 5.41) is 34.7. The fourth-order valence-corrected chi connectivity index (χ4v) is 3.57. The van der Waals surface area contributed by atoms with E-state index in [0.29, 0.717) is 11.3 Å². The van der Waals surface area contributed by atoms with E-state index in [0.717, 1.165) is 0 Å². The number of carbonyl (C=O) groups is 6. The van der Waals surface area contributed by atoms with Gasteiger partial charge in [-0.25, -0.2) is 9.78 Å². The first kappa shape index (κ1) is 31.2. The second kappa shape index (κ2) is 14.8. The van der Waals surface area contributed by atoms with Crippen LogP contribution in [0.3, 0.4) is 0 Å². The average Bonchev–Trinajstić information content (AvgIpc) is 3.39. The lowest BCUT2D eigenvalue weighted by molar-refractivity contribution is -0.144. The normalized spacial score (nSPS) is 13.7. The molecule has 1 aromatic heterocycles. The molecule has 4 atom stereocenters. The summed E-state index contributed by atoms with van der Waals surface area (Å²) in [6.07, 6.45) is 0.968. The van der Waals surface area contributed by atoms with Crippen LogP contribution < -0.4 is 27.4 Å². The van der Waals surface area contributed by atoms with Crippen LogP contribution in [0, 0.1) is 0 Å². The predicted octanol–water partition coefficient (Wildman–Crippen LogP) is -2.49. The largest absolute Gasteiger partial charge is 0.508 e. The lowest BCUT2D eigenvalue weighted by Crippen LogP contribution is -2.58. The van der Waals surface area contributed by atoms with Gasteiger partial charge in [-0.3, -0.25) is 24.0 Å². The number of aromatic hydroxyl groups is 1. The van der Waals surface area contributed by atoms with E-state index in [1.807, 2.05) is 0 Å². The molecule has 0 fully saturated rings. The maximum atomic E-state index is 13.2. The number of carbonyl (C=O) groups excluding carboxylic acids is 4. The van der Waals surface area contributed by atoms with Crippen LogP contribution in [-0.2, 0) is 41.6 Å². The summed E-state index contributed by atoms with van der Waals surface area (Å²) in [5.74, 6) is -6.52. The van der Waals surface area contributed by atoms with Gasteiger partial charge in [-0.2, -0.15) is 0 Å². The molecule has 1 aromatic carbocycles. The number of phenolic OH excluding ortho intramolecular Hbond substituents is 1. The fraction of sp³-hybridized carbons (Fsp3) is 0.375. The maximum Gasteiger partial charge on any atom is 0.326 e. The number of carboxylic acids is 2. The van der Waals surface area contributed by atoms with Gasteiger partial charge in [0.15, 0.2) is 0 Å². The van der Waals surface area contributed by atoms with Crippen LogP contribution in [0.2, 0.25) is 0 Å². The number of imidazole rings is 1. The van der Waals surface area contributed by atoms with Crippen LogP contribution in [0.1, 0.15) is 30.5 Å². The Kier molecular flexibility index (Phi) is 11.6. The molecule has 2 rings (SSSR count). The number of amides is 4. The van der Waals surface area contributed by atoms with E-state index in [1.54, 1.807) is 12.1 Å². The molecular formula is C24H31N7O9. The van der Waals surface area contributed by atoms with Crippen molar-refractivity contribution in [3.05, 3.63) is 48.0 Å². The molecule has 0 aliphatic heterocycles. The standard InChI is InChI=1S/C24H31N7O9/c25-15(7-12-1-3-14(32)4-2-12)21(36)30-17(8-13-10-27-11-28-13)23(38)29-16(5-6-20(34)35)22(37)31-18(24(39)40)9-19(26)33/h1-4,10-11,15-18,32H,5-9,25H2,(H2,26,33)(H,27,28)(H,29,38)(H,30,36)(H,31,37)(H,34,35)(H,39,40). The molecule has 0 radical (unpaired) electrons. The first-order valence-corrected chi connectivity index (χ1v) is 12.0. The van der Waals surface area contributed by atoms with E-state index < -0.39 is 79.0 Å². The first-order chi connectivity index (χ1) is 18.8. The molecule has 0 aliphatic rings. The second-order valence-corrected chi connectivity index (χ2v) is 8.88. The molecule has 0 aliphatic carbocycles. The molecule has 0 spiro atoms. The van der Waals surface area contributed by atoms with Gasteiger partial charge in [0.05, 0.1) is 18.8 Å². The highest BCUT2D eigenvalue weighted by Crippen LogP contribution is 2.11. The van der Waals surface area contributed by atoms with Gasteiger partial charge in [0.1, 0.15) is 23.9 Å². The smallest absolute Gasteiger partial charge is 0.326 e. The van der Waals surface area contributed by atoms with Crippen LogP contribution in [0.5, 0.6) is 5.75 Å². The quantitative estimate of drug-likeness (QED) is 0.103. The monoisotopic (exact) mass is 561 g/mol. The topological polar surface area (TPSA) is 280 Å². The average molecular weight is 562 g/mol. The van der Waals surface area contributed by atoms with Crippen molar-refractivity contribution >= 4 is 35.6 Å². The van der Waals surface area contributed by atoms with Crippen molar-refractivity contribution in [2.45, 2.75) is 56.3 Å². The molecule has 0 saturated heterocycles. The van der Waals surface area contributed by atoms with E-state index in [1.165, 1.54) is 24.7 Å². The number of primary amides is 1. The number of benzene rings is 1. The zero-order valence-corrected chi connectivity index (χ0v) is 21.2. The van der Waals surface area contributed by atoms with Crippen molar-refractivity contribution in [3.63, 3.8) is 0 Å². The number of nitrogens with two attached hydrogens (primary N) is 2. The third-order valence-corrected chi connectivity index (χ3v) is 5.64. The number of phenols is 1. The SMILES string of the molecule is NC(=O)CC(NC(=O)C(CCC(=O)O)NC(=O)C(Cc1cnc[nH]1)NC(=O)C(N)Cc1ccc(O)cc1)C(=O)O. The molecule has 11 N–H and O–H groups in total. The number of rotatable bonds is 16. The molecule has 4 amide bonds. The molecule has 40 heavy (non-hydrogen) atoms. The number of aromatic nitrogens is 2. The van der Waals surface area contributed by atoms with Crippen molar-refractivity contribution in [2.75, 3.05) is 0 Å². The predicted molar refractivity (Wildman–Crippen MR) is 136 cm³/mol. The van der Waals surface area contributed by atoms with Crippen molar-refractivity contribution in [3.8, 4) is 5.75 Å². The minimum absolute atomic E-state index is 0.0313. The Balaban J connectivity index is 2.20. The van der Waals surface area contributed by atoms with Gasteiger partial charge in [-0.05, 0) is 30.5 Å². The van der Waals surface area contributed by atoms with Gasteiger partial charge in [-0.15, -0.1) is 0 Å². The van der Waals surface area contributed by atoms with Gasteiger partial charge < -0.3 is 47.7 Å². The molecule has 216 valence electrons. The van der Waals surface area contributed by atoms with Crippen molar-refractivity contribution in [1.29, 1.82) is 0 Å². The molecule has 16 heteroatoms. The summed E-state index contributed by atoms with van der Waals surface area (Å²) in [6, 6.07) is 0.344. The Labute approximate surface area is 227 Å². The van der Waals surface area contributed by atoms with Gasteiger partial charge in [-0.1, -0.05) is 12.1 Å². The summed E-state index contributed by atoms with van der Waals surface area (Å²) >= 11 is 0. The molecule has 16 nitrogen and oxygen atoms in total. The van der Waals surface area contributed by atoms with Crippen LogP contribution in [0.15, 0.2) is 36.8 Å². The van der Waals surface area contributed by atoms with Crippen molar-refractivity contribution in [1.82, 2.24) is 25.9 Å². The Morgan fingerprint density at radius 1 is 0.875 bits per heavy atom. The zero-order chi connectivity index (χ0) is 29.8. The first-order valence-electron chi connectivity index (χ1n) is 12.0. The Morgan fingerprint density at radius 2 is 1.48 bits per heavy atom. The summed E-state index contributed by atoms with van der Waals surface area (Å²) in [5.41, 5.74) is 12.1. The van der Waals surface area contributed by atoms with Crippen LogP contribution in [-0.4, -0.2) is 85.0 Å². The summed E-state index contributed by atoms with van der Waals surface area (Å²) in [7, 11) is 0. The lowest BCUT2D eigenvalue weighted by atomic mass is 10.0. The number of H-pyrrole nitrogens is 1. The number of nitrogens with zero attached hydrogens (tertiary/aromatic N) is 1. The molecular weight excluding hydrogens is 530 g/mol. The highest BCUT2D eigenvalue weighted by atomic mass is 16.4. The third-order valence-electron chi connectivity index (χ3n) is 5.64. The minimum Gasteiger partial charge on any atom is -0.508 e. The number of carboxylic acid groups (broad SMARTS) is 2. The highest BCUT2D eigenvalue weighted by Gasteiger charge is 2.31. The van der Waals surface area contributed by atoms with E-state index in [4.69, 9.17) is 16.6 Å². The molecule has 0 bridgehead atoms. The van der Waals surface area contributed by atoms with Crippen molar-refractivity contribution < 1.29 is 44.1 Å². The Bertz CT molecular complexity index is 1200. The number of nitrogens with one attached hydrogen (secondary N) is 4. The number of hydrogen-bond donors (Lipinski definition) is 9. The van der Waals surface area contributed by atoms with Gasteiger partial charge >= 0.3 is 11.9 Å². The minimum atomic E-state index is -1.72. The molecule has 4 unspecified atom stereocenters. The molecule has 0 saturated carbocycles. The number of aromatic amines is 1. The van der Waals surface area contributed by atoms with E-state index in [-0.39, 0.29) is 18.6 Å². The van der Waals surface area contributed by atoms with E-state index >= 15 is 0 Å². The lowest BCUT2D eigenvalue weighted by Gasteiger charge is -2.25.